The zero-order valence-electron chi connectivity index (χ0n) is 7.36. The molecule has 1 aliphatic heterocycles. The van der Waals surface area contributed by atoms with E-state index in [9.17, 15) is 4.79 Å². The van der Waals surface area contributed by atoms with Gasteiger partial charge in [0.2, 0.25) is 0 Å². The number of ether oxygens (including phenoxy) is 1. The van der Waals surface area contributed by atoms with Gasteiger partial charge in [0.25, 0.3) is 0 Å². The minimum absolute atomic E-state index is 0.230. The van der Waals surface area contributed by atoms with Crippen LogP contribution in [-0.2, 0) is 16.1 Å². The van der Waals surface area contributed by atoms with Gasteiger partial charge < -0.3 is 14.6 Å². The molecule has 1 aromatic heterocycles. The van der Waals surface area contributed by atoms with E-state index in [-0.39, 0.29) is 12.0 Å². The Morgan fingerprint density at radius 1 is 1.85 bits per heavy atom. The van der Waals surface area contributed by atoms with E-state index in [1.807, 2.05) is 4.57 Å². The largest absolute Gasteiger partial charge is 0.467 e. The Bertz CT molecular complexity index is 321. The number of esters is 1. The number of methoxy groups -OCH3 is 1. The zero-order valence-corrected chi connectivity index (χ0v) is 7.36. The van der Waals surface area contributed by atoms with Crippen molar-refractivity contribution in [2.75, 3.05) is 13.7 Å². The zero-order chi connectivity index (χ0) is 9.26. The Labute approximate surface area is 75.7 Å². The van der Waals surface area contributed by atoms with Gasteiger partial charge in [0, 0.05) is 18.9 Å². The predicted octanol–water partition coefficient (Wildman–Crippen LogP) is -0.300. The Kier molecular flexibility index (Phi) is 2.02. The number of nitrogens with one attached hydrogen (secondary N) is 1. The van der Waals surface area contributed by atoms with Crippen LogP contribution in [0.5, 0.6) is 0 Å². The lowest BCUT2D eigenvalue weighted by Gasteiger charge is -2.23. The molecule has 0 fully saturated rings. The highest BCUT2D eigenvalue weighted by molar-refractivity contribution is 5.74. The highest BCUT2D eigenvalue weighted by atomic mass is 16.5. The fraction of sp³-hybridized carbons (Fsp3) is 0.500. The van der Waals surface area contributed by atoms with Crippen molar-refractivity contribution in [2.45, 2.75) is 12.6 Å². The smallest absolute Gasteiger partial charge is 0.330 e. The van der Waals surface area contributed by atoms with Crippen LogP contribution in [0.1, 0.15) is 11.9 Å². The van der Waals surface area contributed by atoms with Gasteiger partial charge in [0.15, 0.2) is 0 Å². The minimum atomic E-state index is -0.267. The van der Waals surface area contributed by atoms with Crippen molar-refractivity contribution in [3.8, 4) is 0 Å². The van der Waals surface area contributed by atoms with Gasteiger partial charge >= 0.3 is 5.97 Å². The molecular formula is C8H11N3O2. The van der Waals surface area contributed by atoms with Gasteiger partial charge in [0.05, 0.1) is 13.7 Å². The SMILES string of the molecule is COC(=O)C1CNCc2nccn21. The summed E-state index contributed by atoms with van der Waals surface area (Å²) in [6, 6.07) is -0.267. The molecule has 5 nitrogen and oxygen atoms in total. The Balaban J connectivity index is 2.30. The molecule has 1 aliphatic rings. The number of rotatable bonds is 1. The first-order valence-electron chi connectivity index (χ1n) is 4.13. The molecule has 1 N–H and O–H groups in total. The van der Waals surface area contributed by atoms with Crippen molar-refractivity contribution in [2.24, 2.45) is 0 Å². The van der Waals surface area contributed by atoms with Gasteiger partial charge in [-0.05, 0) is 0 Å². The third-order valence-electron chi connectivity index (χ3n) is 2.18. The van der Waals surface area contributed by atoms with E-state index in [0.29, 0.717) is 13.1 Å². The first-order chi connectivity index (χ1) is 6.33. The molecule has 1 aromatic rings. The number of fused-ring (bicyclic) bond motifs is 1. The van der Waals surface area contributed by atoms with E-state index >= 15 is 0 Å². The predicted molar refractivity (Wildman–Crippen MR) is 45.0 cm³/mol. The van der Waals surface area contributed by atoms with Crippen LogP contribution in [0.15, 0.2) is 12.4 Å². The molecule has 0 saturated heterocycles. The van der Waals surface area contributed by atoms with E-state index in [2.05, 4.69) is 15.0 Å². The lowest BCUT2D eigenvalue weighted by atomic mass is 10.2. The number of aromatic nitrogens is 2. The molecule has 0 aromatic carbocycles. The third kappa shape index (κ3) is 1.31. The summed E-state index contributed by atoms with van der Waals surface area (Å²) in [6.45, 7) is 1.32. The quantitative estimate of drug-likeness (QED) is 0.604. The van der Waals surface area contributed by atoms with Gasteiger partial charge in [-0.1, -0.05) is 0 Å². The summed E-state index contributed by atoms with van der Waals surface area (Å²) < 4.78 is 6.54. The molecule has 13 heavy (non-hydrogen) atoms. The Morgan fingerprint density at radius 3 is 3.46 bits per heavy atom. The number of imidazole rings is 1. The second-order valence-electron chi connectivity index (χ2n) is 2.92. The second-order valence-corrected chi connectivity index (χ2v) is 2.92. The molecule has 1 atom stereocenters. The van der Waals surface area contributed by atoms with Crippen LogP contribution < -0.4 is 5.32 Å². The van der Waals surface area contributed by atoms with Gasteiger partial charge in [-0.15, -0.1) is 0 Å². The van der Waals surface area contributed by atoms with Gasteiger partial charge in [-0.25, -0.2) is 9.78 Å². The van der Waals surface area contributed by atoms with Gasteiger partial charge in [0.1, 0.15) is 11.9 Å². The molecular weight excluding hydrogens is 170 g/mol. The number of hydrogen-bond acceptors (Lipinski definition) is 4. The fourth-order valence-corrected chi connectivity index (χ4v) is 1.52. The van der Waals surface area contributed by atoms with Crippen LogP contribution in [0.25, 0.3) is 0 Å². The third-order valence-corrected chi connectivity index (χ3v) is 2.18. The monoisotopic (exact) mass is 181 g/mol. The van der Waals surface area contributed by atoms with Crippen LogP contribution in [0.2, 0.25) is 0 Å². The van der Waals surface area contributed by atoms with Crippen molar-refractivity contribution >= 4 is 5.97 Å². The van der Waals surface area contributed by atoms with E-state index in [1.165, 1.54) is 7.11 Å². The average molecular weight is 181 g/mol. The van der Waals surface area contributed by atoms with E-state index < -0.39 is 0 Å². The van der Waals surface area contributed by atoms with Crippen LogP contribution >= 0.6 is 0 Å². The first kappa shape index (κ1) is 8.25. The summed E-state index contributed by atoms with van der Waals surface area (Å²) in [5.41, 5.74) is 0. The number of carbonyl (C=O) groups excluding carboxylic acids is 1. The normalized spacial score (nSPS) is 20.8. The maximum absolute atomic E-state index is 11.3. The van der Waals surface area contributed by atoms with E-state index in [0.717, 1.165) is 5.82 Å². The minimum Gasteiger partial charge on any atom is -0.467 e. The molecule has 0 amide bonds. The molecule has 0 bridgehead atoms. The maximum Gasteiger partial charge on any atom is 0.330 e. The van der Waals surface area contributed by atoms with Crippen LogP contribution in [0.3, 0.4) is 0 Å². The van der Waals surface area contributed by atoms with E-state index in [4.69, 9.17) is 0 Å². The molecule has 2 rings (SSSR count). The molecule has 0 saturated carbocycles. The molecule has 1 unspecified atom stereocenters. The summed E-state index contributed by atoms with van der Waals surface area (Å²) >= 11 is 0. The molecule has 2 heterocycles. The second kappa shape index (κ2) is 3.18. The summed E-state index contributed by atoms with van der Waals surface area (Å²) in [7, 11) is 1.40. The van der Waals surface area contributed by atoms with Gasteiger partial charge in [-0.3, -0.25) is 0 Å². The topological polar surface area (TPSA) is 56.1 Å². The highest BCUT2D eigenvalue weighted by Gasteiger charge is 2.26. The molecule has 0 spiro atoms. The molecule has 70 valence electrons. The Morgan fingerprint density at radius 2 is 2.69 bits per heavy atom. The lowest BCUT2D eigenvalue weighted by Crippen LogP contribution is -2.37. The van der Waals surface area contributed by atoms with Crippen LogP contribution in [0, 0.1) is 0 Å². The van der Waals surface area contributed by atoms with Crippen LogP contribution in [0.4, 0.5) is 0 Å². The van der Waals surface area contributed by atoms with Crippen molar-refractivity contribution in [3.05, 3.63) is 18.2 Å². The van der Waals surface area contributed by atoms with Crippen molar-refractivity contribution in [1.82, 2.24) is 14.9 Å². The van der Waals surface area contributed by atoms with Crippen molar-refractivity contribution in [1.29, 1.82) is 0 Å². The summed E-state index contributed by atoms with van der Waals surface area (Å²) in [4.78, 5) is 15.4. The molecule has 0 radical (unpaired) electrons. The van der Waals surface area contributed by atoms with Crippen LogP contribution in [-0.4, -0.2) is 29.2 Å². The summed E-state index contributed by atoms with van der Waals surface area (Å²) in [5, 5.41) is 3.11. The fourth-order valence-electron chi connectivity index (χ4n) is 1.52. The summed E-state index contributed by atoms with van der Waals surface area (Å²) in [6.07, 6.45) is 3.50. The standard InChI is InChI=1S/C8H11N3O2/c1-13-8(12)6-4-9-5-7-10-2-3-11(6)7/h2-3,6,9H,4-5H2,1H3. The number of hydrogen-bond donors (Lipinski definition) is 1. The highest BCUT2D eigenvalue weighted by Crippen LogP contribution is 2.14. The Hall–Kier alpha value is -1.36. The molecule has 0 aliphatic carbocycles. The lowest BCUT2D eigenvalue weighted by molar-refractivity contribution is -0.144. The van der Waals surface area contributed by atoms with Crippen molar-refractivity contribution < 1.29 is 9.53 Å². The maximum atomic E-state index is 11.3. The van der Waals surface area contributed by atoms with Crippen molar-refractivity contribution in [3.63, 3.8) is 0 Å². The number of nitrogens with zero attached hydrogens (tertiary/aromatic N) is 2. The van der Waals surface area contributed by atoms with Gasteiger partial charge in [-0.2, -0.15) is 0 Å². The number of carbonyl (C=O) groups is 1. The molecule has 5 heteroatoms. The average Bonchev–Trinajstić information content (AvgIpc) is 2.63. The first-order valence-corrected chi connectivity index (χ1v) is 4.13. The summed E-state index contributed by atoms with van der Waals surface area (Å²) in [5.74, 6) is 0.646. The van der Waals surface area contributed by atoms with E-state index in [1.54, 1.807) is 12.4 Å².